The van der Waals surface area contributed by atoms with Crippen molar-refractivity contribution in [3.8, 4) is 12.3 Å². The van der Waals surface area contributed by atoms with Crippen molar-refractivity contribution < 1.29 is 4.79 Å². The highest BCUT2D eigenvalue weighted by Crippen LogP contribution is 2.28. The van der Waals surface area contributed by atoms with Crippen LogP contribution in [0, 0.1) is 23.7 Å². The minimum Gasteiger partial charge on any atom is -0.300 e. The average molecular weight is 180 g/mol. The van der Waals surface area contributed by atoms with Gasteiger partial charge in [-0.05, 0) is 11.3 Å². The molecular formula is C12H20O. The number of terminal acetylenes is 1. The Morgan fingerprint density at radius 2 is 2.00 bits per heavy atom. The second kappa shape index (κ2) is 5.07. The fourth-order valence-electron chi connectivity index (χ4n) is 0.961. The highest BCUT2D eigenvalue weighted by Gasteiger charge is 2.21. The Bertz CT molecular complexity index is 202. The van der Waals surface area contributed by atoms with E-state index in [0.717, 1.165) is 0 Å². The summed E-state index contributed by atoms with van der Waals surface area (Å²) >= 11 is 0. The summed E-state index contributed by atoms with van der Waals surface area (Å²) in [5.41, 5.74) is 0.214. The third-order valence-corrected chi connectivity index (χ3v) is 2.56. The van der Waals surface area contributed by atoms with E-state index in [0.29, 0.717) is 31.0 Å². The molecule has 0 fully saturated rings. The normalized spacial score (nSPS) is 13.5. The summed E-state index contributed by atoms with van der Waals surface area (Å²) in [6, 6.07) is 0. The van der Waals surface area contributed by atoms with E-state index in [4.69, 9.17) is 6.42 Å². The van der Waals surface area contributed by atoms with Crippen molar-refractivity contribution in [1.29, 1.82) is 0 Å². The van der Waals surface area contributed by atoms with Gasteiger partial charge >= 0.3 is 0 Å². The molecule has 0 aromatic heterocycles. The van der Waals surface area contributed by atoms with Crippen LogP contribution < -0.4 is 0 Å². The summed E-state index contributed by atoms with van der Waals surface area (Å²) in [6.45, 7) is 8.60. The largest absolute Gasteiger partial charge is 0.300 e. The van der Waals surface area contributed by atoms with Crippen molar-refractivity contribution in [1.82, 2.24) is 0 Å². The second-order valence-corrected chi connectivity index (χ2v) is 4.71. The van der Waals surface area contributed by atoms with Gasteiger partial charge in [0.2, 0.25) is 0 Å². The first-order chi connectivity index (χ1) is 5.88. The van der Waals surface area contributed by atoms with Crippen molar-refractivity contribution in [2.75, 3.05) is 0 Å². The lowest BCUT2D eigenvalue weighted by molar-refractivity contribution is -0.120. The lowest BCUT2D eigenvalue weighted by atomic mass is 9.79. The SMILES string of the molecule is C#CCCC(=O)CC(C)C(C)(C)C. The Hall–Kier alpha value is -0.770. The number of rotatable bonds is 4. The average Bonchev–Trinajstić information content (AvgIpc) is 1.99. The molecule has 1 atom stereocenters. The van der Waals surface area contributed by atoms with Crippen LogP contribution in [0.25, 0.3) is 0 Å². The number of hydrogen-bond donors (Lipinski definition) is 0. The highest BCUT2D eigenvalue weighted by atomic mass is 16.1. The van der Waals surface area contributed by atoms with E-state index < -0.39 is 0 Å². The zero-order valence-corrected chi connectivity index (χ0v) is 9.18. The Balaban J connectivity index is 3.87. The van der Waals surface area contributed by atoms with Gasteiger partial charge in [-0.2, -0.15) is 0 Å². The maximum atomic E-state index is 11.4. The molecule has 0 rings (SSSR count). The van der Waals surface area contributed by atoms with Gasteiger partial charge in [-0.25, -0.2) is 0 Å². The third kappa shape index (κ3) is 5.47. The van der Waals surface area contributed by atoms with Crippen LogP contribution in [0.3, 0.4) is 0 Å². The number of carbonyl (C=O) groups excluding carboxylic acids is 1. The molecule has 0 aliphatic rings. The lowest BCUT2D eigenvalue weighted by Gasteiger charge is -2.26. The molecular weight excluding hydrogens is 160 g/mol. The summed E-state index contributed by atoms with van der Waals surface area (Å²) in [4.78, 5) is 11.4. The molecule has 0 aliphatic heterocycles. The Morgan fingerprint density at radius 1 is 1.46 bits per heavy atom. The first-order valence-corrected chi connectivity index (χ1v) is 4.83. The zero-order chi connectivity index (χ0) is 10.5. The molecule has 1 nitrogen and oxygen atoms in total. The van der Waals surface area contributed by atoms with Crippen LogP contribution in [0.15, 0.2) is 0 Å². The first-order valence-electron chi connectivity index (χ1n) is 4.83. The Labute approximate surface area is 81.9 Å². The van der Waals surface area contributed by atoms with Crippen LogP contribution in [0.1, 0.15) is 47.0 Å². The van der Waals surface area contributed by atoms with Gasteiger partial charge in [0.25, 0.3) is 0 Å². The van der Waals surface area contributed by atoms with E-state index in [9.17, 15) is 4.79 Å². The lowest BCUT2D eigenvalue weighted by Crippen LogP contribution is -2.20. The van der Waals surface area contributed by atoms with Crippen LogP contribution in [-0.4, -0.2) is 5.78 Å². The van der Waals surface area contributed by atoms with Crippen LogP contribution in [0.2, 0.25) is 0 Å². The van der Waals surface area contributed by atoms with E-state index in [2.05, 4.69) is 33.6 Å². The molecule has 0 aromatic carbocycles. The molecule has 13 heavy (non-hydrogen) atoms. The molecule has 1 unspecified atom stereocenters. The maximum Gasteiger partial charge on any atom is 0.134 e. The van der Waals surface area contributed by atoms with Crippen molar-refractivity contribution in [2.24, 2.45) is 11.3 Å². The predicted molar refractivity (Wildman–Crippen MR) is 56.3 cm³/mol. The van der Waals surface area contributed by atoms with Crippen molar-refractivity contribution in [3.63, 3.8) is 0 Å². The predicted octanol–water partition coefficient (Wildman–Crippen LogP) is 3.04. The molecule has 0 bridgehead atoms. The van der Waals surface area contributed by atoms with Crippen LogP contribution in [-0.2, 0) is 4.79 Å². The van der Waals surface area contributed by atoms with E-state index in [1.165, 1.54) is 0 Å². The van der Waals surface area contributed by atoms with Gasteiger partial charge in [0.05, 0.1) is 0 Å². The molecule has 0 N–H and O–H groups in total. The maximum absolute atomic E-state index is 11.4. The third-order valence-electron chi connectivity index (χ3n) is 2.56. The van der Waals surface area contributed by atoms with Gasteiger partial charge in [-0.1, -0.05) is 27.7 Å². The molecule has 0 spiro atoms. The van der Waals surface area contributed by atoms with Crippen LogP contribution in [0.4, 0.5) is 0 Å². The van der Waals surface area contributed by atoms with Gasteiger partial charge < -0.3 is 0 Å². The first kappa shape index (κ1) is 12.2. The molecule has 74 valence electrons. The molecule has 0 aromatic rings. The molecule has 1 heteroatoms. The van der Waals surface area contributed by atoms with Crippen molar-refractivity contribution in [2.45, 2.75) is 47.0 Å². The van der Waals surface area contributed by atoms with Crippen LogP contribution >= 0.6 is 0 Å². The fraction of sp³-hybridized carbons (Fsp3) is 0.750. The van der Waals surface area contributed by atoms with E-state index >= 15 is 0 Å². The fourth-order valence-corrected chi connectivity index (χ4v) is 0.961. The van der Waals surface area contributed by atoms with Crippen LogP contribution in [0.5, 0.6) is 0 Å². The standard InChI is InChI=1S/C12H20O/c1-6-7-8-11(13)9-10(2)12(3,4)5/h1,10H,7-9H2,2-5H3. The molecule has 0 saturated carbocycles. The molecule has 0 radical (unpaired) electrons. The summed E-state index contributed by atoms with van der Waals surface area (Å²) < 4.78 is 0. The van der Waals surface area contributed by atoms with Gasteiger partial charge in [-0.15, -0.1) is 12.3 Å². The van der Waals surface area contributed by atoms with Crippen molar-refractivity contribution in [3.05, 3.63) is 0 Å². The molecule has 0 saturated heterocycles. The minimum absolute atomic E-state index is 0.214. The number of carbonyl (C=O) groups is 1. The zero-order valence-electron chi connectivity index (χ0n) is 9.18. The second-order valence-electron chi connectivity index (χ2n) is 4.71. The van der Waals surface area contributed by atoms with E-state index in [-0.39, 0.29) is 5.41 Å². The highest BCUT2D eigenvalue weighted by molar-refractivity contribution is 5.78. The summed E-state index contributed by atoms with van der Waals surface area (Å²) in [6.07, 6.45) is 6.87. The summed E-state index contributed by atoms with van der Waals surface area (Å²) in [5.74, 6) is 3.21. The Kier molecular flexibility index (Phi) is 4.77. The topological polar surface area (TPSA) is 17.1 Å². The molecule has 0 heterocycles. The summed E-state index contributed by atoms with van der Waals surface area (Å²) in [7, 11) is 0. The minimum atomic E-state index is 0.214. The monoisotopic (exact) mass is 180 g/mol. The molecule has 0 aliphatic carbocycles. The van der Waals surface area contributed by atoms with Gasteiger partial charge in [0.1, 0.15) is 5.78 Å². The van der Waals surface area contributed by atoms with E-state index in [1.807, 2.05) is 0 Å². The molecule has 0 amide bonds. The van der Waals surface area contributed by atoms with Gasteiger partial charge in [0, 0.05) is 19.3 Å². The van der Waals surface area contributed by atoms with E-state index in [1.54, 1.807) is 0 Å². The quantitative estimate of drug-likeness (QED) is 0.608. The van der Waals surface area contributed by atoms with Gasteiger partial charge in [0.15, 0.2) is 0 Å². The smallest absolute Gasteiger partial charge is 0.134 e. The number of hydrogen-bond acceptors (Lipinski definition) is 1. The Morgan fingerprint density at radius 3 is 2.38 bits per heavy atom. The number of ketones is 1. The van der Waals surface area contributed by atoms with Crippen molar-refractivity contribution >= 4 is 5.78 Å². The summed E-state index contributed by atoms with van der Waals surface area (Å²) in [5, 5.41) is 0. The number of Topliss-reactive ketones (excluding diaryl/α,β-unsaturated/α-hetero) is 1. The van der Waals surface area contributed by atoms with Gasteiger partial charge in [-0.3, -0.25) is 4.79 Å².